The van der Waals surface area contributed by atoms with Gasteiger partial charge in [-0.2, -0.15) is 0 Å². The summed E-state index contributed by atoms with van der Waals surface area (Å²) in [5, 5.41) is 8.33. The van der Waals surface area contributed by atoms with E-state index < -0.39 is 12.1 Å². The monoisotopic (exact) mass is 570 g/mol. The zero-order chi connectivity index (χ0) is 25.1. The number of ether oxygens (including phenoxy) is 1. The Kier molecular flexibility index (Phi) is 7.38. The lowest BCUT2D eigenvalue weighted by Gasteiger charge is -2.23. The number of hydrogen-bond donors (Lipinski definition) is 1. The van der Waals surface area contributed by atoms with Crippen LogP contribution >= 0.6 is 27.5 Å². The van der Waals surface area contributed by atoms with Crippen LogP contribution in [0.5, 0.6) is 0 Å². The molecule has 3 heterocycles. The van der Waals surface area contributed by atoms with Gasteiger partial charge in [-0.3, -0.25) is 14.7 Å². The molecule has 2 amide bonds. The van der Waals surface area contributed by atoms with Gasteiger partial charge in [0.05, 0.1) is 12.1 Å². The van der Waals surface area contributed by atoms with Crippen LogP contribution in [0.2, 0.25) is 5.02 Å². The number of halogens is 2. The van der Waals surface area contributed by atoms with Crippen molar-refractivity contribution in [1.29, 1.82) is 0 Å². The topological polar surface area (TPSA) is 93.1 Å². The lowest BCUT2D eigenvalue weighted by molar-refractivity contribution is -0.125. The van der Waals surface area contributed by atoms with Crippen LogP contribution < -0.4 is 5.32 Å². The minimum atomic E-state index is -0.679. The van der Waals surface area contributed by atoms with Crippen molar-refractivity contribution in [2.24, 2.45) is 5.16 Å². The van der Waals surface area contributed by atoms with Gasteiger partial charge in [-0.05, 0) is 52.2 Å². The van der Waals surface area contributed by atoms with E-state index in [2.05, 4.69) is 31.4 Å². The molecule has 1 fully saturated rings. The molecule has 0 radical (unpaired) electrons. The summed E-state index contributed by atoms with van der Waals surface area (Å²) in [5.74, 6) is -0.301. The van der Waals surface area contributed by atoms with Crippen LogP contribution in [0, 0.1) is 0 Å². The molecule has 3 aromatic rings. The molecule has 10 heteroatoms. The molecule has 3 unspecified atom stereocenters. The van der Waals surface area contributed by atoms with Crippen LogP contribution in [0.3, 0.4) is 0 Å². The fourth-order valence-electron chi connectivity index (χ4n) is 4.55. The smallest absolute Gasteiger partial charge is 0.410 e. The lowest BCUT2D eigenvalue weighted by atomic mass is 9.96. The fraction of sp³-hybridized carbons (Fsp3) is 0.308. The van der Waals surface area contributed by atoms with Gasteiger partial charge in [0.25, 0.3) is 0 Å². The van der Waals surface area contributed by atoms with Crippen LogP contribution in [0.4, 0.5) is 4.79 Å². The number of aromatic nitrogens is 1. The molecule has 1 aromatic heterocycles. The van der Waals surface area contributed by atoms with Gasteiger partial charge < -0.3 is 14.9 Å². The number of amides is 2. The van der Waals surface area contributed by atoms with Gasteiger partial charge in [0.15, 0.2) is 6.10 Å². The second-order valence-electron chi connectivity index (χ2n) is 8.89. The van der Waals surface area contributed by atoms with Gasteiger partial charge in [-0.1, -0.05) is 47.1 Å². The van der Waals surface area contributed by atoms with Crippen LogP contribution in [-0.4, -0.2) is 51.7 Å². The molecule has 2 aliphatic rings. The molecular weight excluding hydrogens is 548 g/mol. The summed E-state index contributed by atoms with van der Waals surface area (Å²) in [6, 6.07) is 16.5. The first kappa shape index (κ1) is 24.5. The van der Waals surface area contributed by atoms with Crippen molar-refractivity contribution in [3.05, 3.63) is 76.9 Å². The Morgan fingerprint density at radius 3 is 2.86 bits per heavy atom. The van der Waals surface area contributed by atoms with E-state index in [1.54, 1.807) is 12.3 Å². The summed E-state index contributed by atoms with van der Waals surface area (Å²) >= 11 is 9.49. The Morgan fingerprint density at radius 1 is 1.19 bits per heavy atom. The van der Waals surface area contributed by atoms with Crippen molar-refractivity contribution in [1.82, 2.24) is 15.2 Å². The van der Waals surface area contributed by atoms with Crippen molar-refractivity contribution >= 4 is 55.1 Å². The molecule has 0 aliphatic carbocycles. The maximum absolute atomic E-state index is 13.2. The normalized spacial score (nSPS) is 21.2. The van der Waals surface area contributed by atoms with E-state index in [0.29, 0.717) is 35.6 Å². The number of benzene rings is 2. The number of hydrogen-bond acceptors (Lipinski definition) is 6. The molecule has 1 saturated heterocycles. The van der Waals surface area contributed by atoms with Gasteiger partial charge in [0.1, 0.15) is 17.3 Å². The molecule has 0 saturated carbocycles. The second-order valence-corrected chi connectivity index (χ2v) is 10.2. The third kappa shape index (κ3) is 5.63. The van der Waals surface area contributed by atoms with Crippen molar-refractivity contribution in [3.8, 4) is 0 Å². The fourth-order valence-corrected chi connectivity index (χ4v) is 5.19. The Hall–Kier alpha value is -3.17. The molecule has 0 spiro atoms. The van der Waals surface area contributed by atoms with E-state index in [9.17, 15) is 9.59 Å². The van der Waals surface area contributed by atoms with E-state index in [0.717, 1.165) is 22.0 Å². The highest BCUT2D eigenvalue weighted by molar-refractivity contribution is 9.18. The van der Waals surface area contributed by atoms with Gasteiger partial charge in [0, 0.05) is 41.1 Å². The van der Waals surface area contributed by atoms with E-state index in [4.69, 9.17) is 21.2 Å². The summed E-state index contributed by atoms with van der Waals surface area (Å²) in [5.41, 5.74) is 2.63. The van der Waals surface area contributed by atoms with E-state index in [1.165, 1.54) is 4.90 Å². The van der Waals surface area contributed by atoms with Crippen molar-refractivity contribution in [3.63, 3.8) is 0 Å². The molecule has 3 atom stereocenters. The maximum atomic E-state index is 13.2. The number of rotatable bonds is 6. The maximum Gasteiger partial charge on any atom is 0.410 e. The SMILES string of the molecule is O=C(NCC1CC(Br)=NO1)C1CC(c2cccc(Cl)c2)CN1C(=O)OCc1cnc2ccccc2c1. The largest absolute Gasteiger partial charge is 0.444 e. The predicted octanol–water partition coefficient (Wildman–Crippen LogP) is 5.00. The third-order valence-electron chi connectivity index (χ3n) is 6.37. The van der Waals surface area contributed by atoms with E-state index in [-0.39, 0.29) is 24.5 Å². The lowest BCUT2D eigenvalue weighted by Crippen LogP contribution is -2.47. The van der Waals surface area contributed by atoms with Gasteiger partial charge in [0.2, 0.25) is 5.91 Å². The number of carbonyl (C=O) groups excluding carboxylic acids is 2. The van der Waals surface area contributed by atoms with E-state index >= 15 is 0 Å². The van der Waals surface area contributed by atoms with Crippen molar-refractivity contribution < 1.29 is 19.2 Å². The molecule has 0 bridgehead atoms. The van der Waals surface area contributed by atoms with Gasteiger partial charge >= 0.3 is 6.09 Å². The average Bonchev–Trinajstić information content (AvgIpc) is 3.52. The first-order valence-electron chi connectivity index (χ1n) is 11.6. The van der Waals surface area contributed by atoms with Crippen LogP contribution in [-0.2, 0) is 21.0 Å². The number of carbonyl (C=O) groups is 2. The van der Waals surface area contributed by atoms with E-state index in [1.807, 2.05) is 48.5 Å². The molecule has 8 nitrogen and oxygen atoms in total. The Bertz CT molecular complexity index is 1320. The molecule has 36 heavy (non-hydrogen) atoms. The summed E-state index contributed by atoms with van der Waals surface area (Å²) in [7, 11) is 0. The summed E-state index contributed by atoms with van der Waals surface area (Å²) in [4.78, 5) is 37.5. The molecular formula is C26H24BrClN4O4. The standard InChI is InChI=1S/C26H24BrClN4O4/c27-24-11-21(36-31-24)13-30-25(33)23-10-19(17-5-3-6-20(28)9-17)14-32(23)26(34)35-15-16-8-18-4-1-2-7-22(18)29-12-16/h1-9,12,19,21,23H,10-11,13-15H2,(H,30,33). The Balaban J connectivity index is 1.27. The summed E-state index contributed by atoms with van der Waals surface area (Å²) in [6.07, 6.45) is 1.96. The first-order valence-corrected chi connectivity index (χ1v) is 12.8. The highest BCUT2D eigenvalue weighted by atomic mass is 79.9. The predicted molar refractivity (Wildman–Crippen MR) is 140 cm³/mol. The molecule has 2 aromatic carbocycles. The summed E-state index contributed by atoms with van der Waals surface area (Å²) in [6.45, 7) is 0.702. The highest BCUT2D eigenvalue weighted by Crippen LogP contribution is 2.33. The Labute approximate surface area is 221 Å². The van der Waals surface area contributed by atoms with Crippen molar-refractivity contribution in [2.75, 3.05) is 13.1 Å². The molecule has 1 N–H and O–H groups in total. The molecule has 186 valence electrons. The average molecular weight is 572 g/mol. The van der Waals surface area contributed by atoms with Crippen LogP contribution in [0.15, 0.2) is 65.9 Å². The second kappa shape index (κ2) is 10.8. The zero-order valence-corrected chi connectivity index (χ0v) is 21.6. The molecule has 5 rings (SSSR count). The summed E-state index contributed by atoms with van der Waals surface area (Å²) < 4.78 is 6.34. The van der Waals surface area contributed by atoms with Crippen molar-refractivity contribution in [2.45, 2.75) is 37.5 Å². The number of nitrogens with zero attached hydrogens (tertiary/aromatic N) is 3. The number of para-hydroxylation sites is 1. The number of pyridine rings is 1. The molecule has 2 aliphatic heterocycles. The van der Waals surface area contributed by atoms with Gasteiger partial charge in [-0.25, -0.2) is 4.79 Å². The zero-order valence-electron chi connectivity index (χ0n) is 19.3. The highest BCUT2D eigenvalue weighted by Gasteiger charge is 2.41. The third-order valence-corrected chi connectivity index (χ3v) is 7.07. The number of oxime groups is 1. The van der Waals surface area contributed by atoms with Gasteiger partial charge in [-0.15, -0.1) is 0 Å². The minimum Gasteiger partial charge on any atom is -0.444 e. The quantitative estimate of drug-likeness (QED) is 0.450. The number of fused-ring (bicyclic) bond motifs is 1. The first-order chi connectivity index (χ1) is 17.5. The number of likely N-dealkylation sites (tertiary alicyclic amines) is 1. The Morgan fingerprint density at radius 2 is 2.06 bits per heavy atom. The number of nitrogens with one attached hydrogen (secondary N) is 1. The minimum absolute atomic E-state index is 0.0467. The van der Waals surface area contributed by atoms with Crippen LogP contribution in [0.1, 0.15) is 29.9 Å². The van der Waals surface area contributed by atoms with Crippen LogP contribution in [0.25, 0.3) is 10.9 Å².